The molecule has 0 radical (unpaired) electrons. The van der Waals surface area contributed by atoms with Gasteiger partial charge in [0.1, 0.15) is 5.01 Å². The van der Waals surface area contributed by atoms with Crippen molar-refractivity contribution in [2.75, 3.05) is 0 Å². The number of benzene rings is 2. The van der Waals surface area contributed by atoms with Crippen molar-refractivity contribution in [1.82, 2.24) is 4.98 Å². The van der Waals surface area contributed by atoms with E-state index in [1.165, 1.54) is 17.4 Å². The van der Waals surface area contributed by atoms with Crippen LogP contribution in [0.5, 0.6) is 0 Å². The number of halogens is 4. The number of nitrogens with zero attached hydrogens (tertiary/aromatic N) is 1. The van der Waals surface area contributed by atoms with Gasteiger partial charge in [0.25, 0.3) is 0 Å². The molecule has 1 aromatic heterocycles. The summed E-state index contributed by atoms with van der Waals surface area (Å²) in [6.07, 6.45) is -4.35. The van der Waals surface area contributed by atoms with Crippen LogP contribution in [-0.2, 0) is 12.1 Å². The van der Waals surface area contributed by atoms with Gasteiger partial charge in [-0.25, -0.2) is 4.98 Å². The molecular weight excluding hydrogens is 319 g/mol. The number of rotatable bonds is 2. The average Bonchev–Trinajstić information content (AvgIpc) is 2.89. The fourth-order valence-electron chi connectivity index (χ4n) is 2.01. The Balaban J connectivity index is 2.08. The molecule has 0 amide bonds. The normalized spacial score (nSPS) is 12.0. The fraction of sp³-hybridized carbons (Fsp3) is 0.133. The van der Waals surface area contributed by atoms with Gasteiger partial charge in [0, 0.05) is 11.4 Å². The van der Waals surface area contributed by atoms with Crippen molar-refractivity contribution < 1.29 is 13.2 Å². The Labute approximate surface area is 128 Å². The molecular formula is C15H9ClF3NS. The molecule has 1 nitrogen and oxygen atoms in total. The summed E-state index contributed by atoms with van der Waals surface area (Å²) >= 11 is 7.16. The molecule has 0 aliphatic rings. The van der Waals surface area contributed by atoms with Crippen LogP contribution in [0.1, 0.15) is 11.1 Å². The number of hydrogen-bond donors (Lipinski definition) is 0. The topological polar surface area (TPSA) is 12.9 Å². The lowest BCUT2D eigenvalue weighted by molar-refractivity contribution is -0.137. The van der Waals surface area contributed by atoms with Crippen LogP contribution in [-0.4, -0.2) is 4.98 Å². The third kappa shape index (κ3) is 2.89. The van der Waals surface area contributed by atoms with E-state index in [0.717, 1.165) is 28.0 Å². The van der Waals surface area contributed by atoms with E-state index in [1.54, 1.807) is 0 Å². The quantitative estimate of drug-likeness (QED) is 0.548. The molecule has 21 heavy (non-hydrogen) atoms. The van der Waals surface area contributed by atoms with E-state index in [9.17, 15) is 13.2 Å². The monoisotopic (exact) mass is 327 g/mol. The van der Waals surface area contributed by atoms with Crippen LogP contribution in [0.3, 0.4) is 0 Å². The minimum atomic E-state index is -4.35. The summed E-state index contributed by atoms with van der Waals surface area (Å²) < 4.78 is 38.8. The second-order valence-electron chi connectivity index (χ2n) is 4.53. The molecule has 0 unspecified atom stereocenters. The number of aromatic nitrogens is 1. The third-order valence-corrected chi connectivity index (χ3v) is 4.44. The Morgan fingerprint density at radius 2 is 1.90 bits per heavy atom. The SMILES string of the molecule is FC(F)(F)c1ccc2sc(-c3cccc(CCl)c3)nc2c1. The highest BCUT2D eigenvalue weighted by atomic mass is 35.5. The molecule has 0 N–H and O–H groups in total. The van der Waals surface area contributed by atoms with Gasteiger partial charge in [-0.2, -0.15) is 13.2 Å². The summed E-state index contributed by atoms with van der Waals surface area (Å²) in [5.74, 6) is 0.386. The smallest absolute Gasteiger partial charge is 0.236 e. The maximum Gasteiger partial charge on any atom is 0.416 e. The summed E-state index contributed by atoms with van der Waals surface area (Å²) in [4.78, 5) is 4.31. The highest BCUT2D eigenvalue weighted by Crippen LogP contribution is 2.35. The van der Waals surface area contributed by atoms with Gasteiger partial charge in [0.15, 0.2) is 0 Å². The van der Waals surface area contributed by atoms with Crippen molar-refractivity contribution in [2.45, 2.75) is 12.1 Å². The van der Waals surface area contributed by atoms with E-state index in [-0.39, 0.29) is 0 Å². The maximum absolute atomic E-state index is 12.7. The number of fused-ring (bicyclic) bond motifs is 1. The van der Waals surface area contributed by atoms with Crippen molar-refractivity contribution >= 4 is 33.2 Å². The first-order valence-corrected chi connectivity index (χ1v) is 7.45. The molecule has 1 heterocycles. The molecule has 0 fully saturated rings. The van der Waals surface area contributed by atoms with Gasteiger partial charge in [-0.1, -0.05) is 18.2 Å². The first-order valence-electron chi connectivity index (χ1n) is 6.10. The summed E-state index contributed by atoms with van der Waals surface area (Å²) in [7, 11) is 0. The van der Waals surface area contributed by atoms with Gasteiger partial charge in [0.2, 0.25) is 0 Å². The Morgan fingerprint density at radius 1 is 1.10 bits per heavy atom. The van der Waals surface area contributed by atoms with E-state index < -0.39 is 11.7 Å². The van der Waals surface area contributed by atoms with Gasteiger partial charge in [0.05, 0.1) is 15.8 Å². The summed E-state index contributed by atoms with van der Waals surface area (Å²) in [6, 6.07) is 11.2. The standard InChI is InChI=1S/C15H9ClF3NS/c16-8-9-2-1-3-10(6-9)14-20-12-7-11(15(17,18)19)4-5-13(12)21-14/h1-7H,8H2. The van der Waals surface area contributed by atoms with Crippen molar-refractivity contribution in [3.8, 4) is 10.6 Å². The molecule has 3 aromatic rings. The summed E-state index contributed by atoms with van der Waals surface area (Å²) in [5.41, 5.74) is 1.50. The minimum absolute atomic E-state index is 0.362. The molecule has 0 atom stereocenters. The Morgan fingerprint density at radius 3 is 2.62 bits per heavy atom. The summed E-state index contributed by atoms with van der Waals surface area (Å²) in [6.45, 7) is 0. The average molecular weight is 328 g/mol. The molecule has 6 heteroatoms. The predicted octanol–water partition coefficient (Wildman–Crippen LogP) is 5.72. The van der Waals surface area contributed by atoms with Crippen LogP contribution in [0.25, 0.3) is 20.8 Å². The van der Waals surface area contributed by atoms with Gasteiger partial charge in [-0.3, -0.25) is 0 Å². The maximum atomic E-state index is 12.7. The highest BCUT2D eigenvalue weighted by molar-refractivity contribution is 7.21. The zero-order chi connectivity index (χ0) is 15.0. The number of hydrogen-bond acceptors (Lipinski definition) is 2. The van der Waals surface area contributed by atoms with Crippen LogP contribution >= 0.6 is 22.9 Å². The molecule has 108 valence electrons. The Hall–Kier alpha value is -1.59. The molecule has 0 bridgehead atoms. The van der Waals surface area contributed by atoms with Crippen LogP contribution < -0.4 is 0 Å². The van der Waals surface area contributed by atoms with Gasteiger partial charge in [-0.15, -0.1) is 22.9 Å². The van der Waals surface area contributed by atoms with Crippen molar-refractivity contribution in [3.05, 3.63) is 53.6 Å². The molecule has 0 saturated carbocycles. The summed E-state index contributed by atoms with van der Waals surface area (Å²) in [5, 5.41) is 0.691. The number of thiazole rings is 1. The highest BCUT2D eigenvalue weighted by Gasteiger charge is 2.30. The van der Waals surface area contributed by atoms with Gasteiger partial charge >= 0.3 is 6.18 Å². The molecule has 0 aliphatic carbocycles. The molecule has 3 rings (SSSR count). The number of alkyl halides is 4. The largest absolute Gasteiger partial charge is 0.416 e. The van der Waals surface area contributed by atoms with E-state index in [0.29, 0.717) is 16.4 Å². The Bertz CT molecular complexity index is 795. The zero-order valence-electron chi connectivity index (χ0n) is 10.6. The van der Waals surface area contributed by atoms with Crippen LogP contribution in [0.2, 0.25) is 0 Å². The van der Waals surface area contributed by atoms with Gasteiger partial charge < -0.3 is 0 Å². The van der Waals surface area contributed by atoms with E-state index >= 15 is 0 Å². The third-order valence-electron chi connectivity index (χ3n) is 3.04. The van der Waals surface area contributed by atoms with E-state index in [1.807, 2.05) is 24.3 Å². The Kier molecular flexibility index (Phi) is 3.63. The van der Waals surface area contributed by atoms with Crippen molar-refractivity contribution in [2.24, 2.45) is 0 Å². The molecule has 0 saturated heterocycles. The first kappa shape index (κ1) is 14.4. The van der Waals surface area contributed by atoms with E-state index in [4.69, 9.17) is 11.6 Å². The van der Waals surface area contributed by atoms with Gasteiger partial charge in [-0.05, 0) is 29.8 Å². The lowest BCUT2D eigenvalue weighted by Gasteiger charge is -2.04. The van der Waals surface area contributed by atoms with Crippen LogP contribution in [0.4, 0.5) is 13.2 Å². The molecule has 0 spiro atoms. The second kappa shape index (κ2) is 5.31. The molecule has 0 aliphatic heterocycles. The minimum Gasteiger partial charge on any atom is -0.236 e. The van der Waals surface area contributed by atoms with Crippen LogP contribution in [0.15, 0.2) is 42.5 Å². The second-order valence-corrected chi connectivity index (χ2v) is 5.83. The lowest BCUT2D eigenvalue weighted by atomic mass is 10.1. The predicted molar refractivity (Wildman–Crippen MR) is 79.6 cm³/mol. The fourth-order valence-corrected chi connectivity index (χ4v) is 3.12. The van der Waals surface area contributed by atoms with Crippen molar-refractivity contribution in [1.29, 1.82) is 0 Å². The zero-order valence-corrected chi connectivity index (χ0v) is 12.2. The molecule has 2 aromatic carbocycles. The first-order chi connectivity index (χ1) is 9.97. The van der Waals surface area contributed by atoms with Crippen molar-refractivity contribution in [3.63, 3.8) is 0 Å². The van der Waals surface area contributed by atoms with E-state index in [2.05, 4.69) is 4.98 Å². The lowest BCUT2D eigenvalue weighted by Crippen LogP contribution is -2.03. The van der Waals surface area contributed by atoms with Crippen LogP contribution in [0, 0.1) is 0 Å².